The van der Waals surface area contributed by atoms with Crippen molar-refractivity contribution >= 4 is 17.6 Å². The van der Waals surface area contributed by atoms with Crippen molar-refractivity contribution in [2.45, 2.75) is 32.1 Å². The van der Waals surface area contributed by atoms with Crippen molar-refractivity contribution in [2.24, 2.45) is 5.92 Å². The fourth-order valence-electron chi connectivity index (χ4n) is 2.97. The van der Waals surface area contributed by atoms with Gasteiger partial charge in [0.2, 0.25) is 5.91 Å². The zero-order chi connectivity index (χ0) is 16.7. The normalized spacial score (nSPS) is 19.6. The van der Waals surface area contributed by atoms with Crippen LogP contribution in [0.2, 0.25) is 0 Å². The molecule has 1 aliphatic rings. The van der Waals surface area contributed by atoms with E-state index in [2.05, 4.69) is 58.5 Å². The summed E-state index contributed by atoms with van der Waals surface area (Å²) < 4.78 is 1.55. The summed E-state index contributed by atoms with van der Waals surface area (Å²) in [5.74, 6) is 1.57. The highest BCUT2D eigenvalue weighted by atomic mass is 16.2. The number of carbonyl (C=O) groups is 1. The lowest BCUT2D eigenvalue weighted by molar-refractivity contribution is -0.117. The van der Waals surface area contributed by atoms with Crippen LogP contribution in [0.1, 0.15) is 43.2 Å². The summed E-state index contributed by atoms with van der Waals surface area (Å²) in [7, 11) is 0. The van der Waals surface area contributed by atoms with E-state index in [1.165, 1.54) is 11.1 Å². The Bertz CT molecular complexity index is 851. The molecule has 0 spiro atoms. The molecule has 1 amide bonds. The second kappa shape index (κ2) is 5.70. The van der Waals surface area contributed by atoms with Gasteiger partial charge < -0.3 is 0 Å². The molecule has 2 aromatic heterocycles. The van der Waals surface area contributed by atoms with Crippen molar-refractivity contribution in [2.75, 3.05) is 5.32 Å². The number of benzene rings is 1. The Kier molecular flexibility index (Phi) is 3.52. The van der Waals surface area contributed by atoms with Gasteiger partial charge >= 0.3 is 0 Å². The third-order valence-electron chi connectivity index (χ3n) is 4.51. The highest BCUT2D eigenvalue weighted by Crippen LogP contribution is 2.48. The number of anilines is 1. The van der Waals surface area contributed by atoms with Gasteiger partial charge in [-0.1, -0.05) is 38.1 Å². The Labute approximate surface area is 139 Å². The summed E-state index contributed by atoms with van der Waals surface area (Å²) in [6.07, 6.45) is 4.27. The van der Waals surface area contributed by atoms with Crippen molar-refractivity contribution in [3.63, 3.8) is 0 Å². The summed E-state index contributed by atoms with van der Waals surface area (Å²) in [6.45, 7) is 4.36. The molecule has 3 aromatic rings. The van der Waals surface area contributed by atoms with Crippen molar-refractivity contribution in [1.82, 2.24) is 19.6 Å². The number of amides is 1. The van der Waals surface area contributed by atoms with Crippen LogP contribution in [-0.2, 0) is 4.79 Å². The number of hydrogen-bond acceptors (Lipinski definition) is 4. The first-order valence-electron chi connectivity index (χ1n) is 8.20. The van der Waals surface area contributed by atoms with Crippen molar-refractivity contribution in [3.05, 3.63) is 53.9 Å². The second-order valence-corrected chi connectivity index (χ2v) is 6.56. The van der Waals surface area contributed by atoms with E-state index in [1.807, 2.05) is 0 Å². The van der Waals surface area contributed by atoms with E-state index in [0.29, 0.717) is 23.6 Å². The topological polar surface area (TPSA) is 72.2 Å². The van der Waals surface area contributed by atoms with Crippen LogP contribution in [0, 0.1) is 5.92 Å². The second-order valence-electron chi connectivity index (χ2n) is 6.56. The Balaban J connectivity index is 1.43. The zero-order valence-corrected chi connectivity index (χ0v) is 13.7. The Hall–Kier alpha value is -2.76. The van der Waals surface area contributed by atoms with E-state index in [4.69, 9.17) is 0 Å². The molecule has 0 bridgehead atoms. The molecule has 2 heterocycles. The molecule has 24 heavy (non-hydrogen) atoms. The van der Waals surface area contributed by atoms with Gasteiger partial charge in [0.15, 0.2) is 0 Å². The van der Waals surface area contributed by atoms with Gasteiger partial charge in [0.1, 0.15) is 0 Å². The third kappa shape index (κ3) is 2.75. The maximum Gasteiger partial charge on any atom is 0.253 e. The maximum atomic E-state index is 12.4. The van der Waals surface area contributed by atoms with Gasteiger partial charge in [0, 0.05) is 18.3 Å². The number of carbonyl (C=O) groups excluding carboxylic acids is 1. The molecule has 1 N–H and O–H groups in total. The van der Waals surface area contributed by atoms with Gasteiger partial charge in [-0.25, -0.2) is 9.50 Å². The molecule has 6 heteroatoms. The number of fused-ring (bicyclic) bond motifs is 1. The van der Waals surface area contributed by atoms with Gasteiger partial charge in [-0.05, 0) is 35.4 Å². The van der Waals surface area contributed by atoms with Crippen LogP contribution in [0.15, 0.2) is 42.7 Å². The van der Waals surface area contributed by atoms with E-state index in [9.17, 15) is 4.79 Å². The summed E-state index contributed by atoms with van der Waals surface area (Å²) in [6, 6.07) is 10.4. The predicted octanol–water partition coefficient (Wildman–Crippen LogP) is 2.99. The van der Waals surface area contributed by atoms with Crippen LogP contribution < -0.4 is 5.32 Å². The molecule has 4 rings (SSSR count). The first kappa shape index (κ1) is 14.8. The largest absolute Gasteiger partial charge is 0.293 e. The zero-order valence-electron chi connectivity index (χ0n) is 13.7. The van der Waals surface area contributed by atoms with Gasteiger partial charge in [-0.3, -0.25) is 10.1 Å². The molecule has 1 fully saturated rings. The lowest BCUT2D eigenvalue weighted by atomic mass is 10.00. The van der Waals surface area contributed by atoms with E-state index in [1.54, 1.807) is 23.0 Å². The summed E-state index contributed by atoms with van der Waals surface area (Å²) in [5, 5.41) is 7.00. The van der Waals surface area contributed by atoms with Crippen molar-refractivity contribution in [3.8, 4) is 0 Å². The van der Waals surface area contributed by atoms with Crippen LogP contribution >= 0.6 is 0 Å². The lowest BCUT2D eigenvalue weighted by Crippen LogP contribution is -2.15. The SMILES string of the molecule is CC(C)c1ccc([C@H]2C[C@H]2C(=O)Nc2nc3ncccn3n2)cc1. The van der Waals surface area contributed by atoms with Crippen LogP contribution in [0.25, 0.3) is 5.78 Å². The summed E-state index contributed by atoms with van der Waals surface area (Å²) in [4.78, 5) is 20.7. The molecule has 1 aliphatic carbocycles. The quantitative estimate of drug-likeness (QED) is 0.802. The van der Waals surface area contributed by atoms with Gasteiger partial charge in [0.05, 0.1) is 0 Å². The average Bonchev–Trinajstić information content (AvgIpc) is 3.28. The molecule has 2 atom stereocenters. The summed E-state index contributed by atoms with van der Waals surface area (Å²) >= 11 is 0. The van der Waals surface area contributed by atoms with Gasteiger partial charge in [-0.15, -0.1) is 5.10 Å². The highest BCUT2D eigenvalue weighted by molar-refractivity contribution is 5.94. The molecule has 0 saturated heterocycles. The Morgan fingerprint density at radius 2 is 2.08 bits per heavy atom. The Morgan fingerprint density at radius 3 is 2.79 bits per heavy atom. The first-order chi connectivity index (χ1) is 11.6. The molecular weight excluding hydrogens is 302 g/mol. The first-order valence-corrected chi connectivity index (χ1v) is 8.20. The van der Waals surface area contributed by atoms with Crippen LogP contribution in [0.3, 0.4) is 0 Å². The maximum absolute atomic E-state index is 12.4. The molecule has 1 saturated carbocycles. The monoisotopic (exact) mass is 321 g/mol. The standard InChI is InChI=1S/C18H19N5O/c1-11(2)12-4-6-13(7-5-12)14-10-15(14)16(24)20-17-21-18-19-8-3-9-23(18)22-17/h3-9,11,14-15H,10H2,1-2H3,(H,20,22,24)/t14-,15-/m1/s1. The molecule has 0 aliphatic heterocycles. The molecule has 122 valence electrons. The molecule has 0 radical (unpaired) electrons. The van der Waals surface area contributed by atoms with E-state index in [-0.39, 0.29) is 11.8 Å². The van der Waals surface area contributed by atoms with Crippen molar-refractivity contribution in [1.29, 1.82) is 0 Å². The summed E-state index contributed by atoms with van der Waals surface area (Å²) in [5.41, 5.74) is 2.55. The van der Waals surface area contributed by atoms with Crippen LogP contribution in [0.4, 0.5) is 5.95 Å². The minimum atomic E-state index is -0.0242. The number of nitrogens with one attached hydrogen (secondary N) is 1. The fraction of sp³-hybridized carbons (Fsp3) is 0.333. The molecular formula is C18H19N5O. The van der Waals surface area contributed by atoms with E-state index < -0.39 is 0 Å². The predicted molar refractivity (Wildman–Crippen MR) is 90.8 cm³/mol. The number of hydrogen-bond donors (Lipinski definition) is 1. The van der Waals surface area contributed by atoms with Crippen molar-refractivity contribution < 1.29 is 4.79 Å². The number of aromatic nitrogens is 4. The van der Waals surface area contributed by atoms with Gasteiger partial charge in [-0.2, -0.15) is 4.98 Å². The third-order valence-corrected chi connectivity index (χ3v) is 4.51. The highest BCUT2D eigenvalue weighted by Gasteiger charge is 2.44. The van der Waals surface area contributed by atoms with E-state index >= 15 is 0 Å². The number of rotatable bonds is 4. The van der Waals surface area contributed by atoms with E-state index in [0.717, 1.165) is 6.42 Å². The van der Waals surface area contributed by atoms with Gasteiger partial charge in [0.25, 0.3) is 11.7 Å². The molecule has 0 unspecified atom stereocenters. The molecule has 1 aromatic carbocycles. The minimum Gasteiger partial charge on any atom is -0.293 e. The molecule has 6 nitrogen and oxygen atoms in total. The fourth-order valence-corrected chi connectivity index (χ4v) is 2.97. The average molecular weight is 321 g/mol. The Morgan fingerprint density at radius 1 is 1.29 bits per heavy atom. The number of nitrogens with zero attached hydrogens (tertiary/aromatic N) is 4. The minimum absolute atomic E-state index is 0.00512. The smallest absolute Gasteiger partial charge is 0.253 e. The lowest BCUT2D eigenvalue weighted by Gasteiger charge is -2.06. The van der Waals surface area contributed by atoms with Crippen LogP contribution in [-0.4, -0.2) is 25.5 Å². The van der Waals surface area contributed by atoms with Crippen LogP contribution in [0.5, 0.6) is 0 Å².